The van der Waals surface area contributed by atoms with Crippen molar-refractivity contribution in [1.29, 1.82) is 0 Å². The van der Waals surface area contributed by atoms with Gasteiger partial charge in [-0.3, -0.25) is 4.98 Å². The first-order valence-corrected chi connectivity index (χ1v) is 3.81. The van der Waals surface area contributed by atoms with E-state index < -0.39 is 0 Å². The van der Waals surface area contributed by atoms with Crippen LogP contribution in [0, 0.1) is 0 Å². The van der Waals surface area contributed by atoms with E-state index >= 15 is 0 Å². The van der Waals surface area contributed by atoms with E-state index in [4.69, 9.17) is 15.6 Å². The van der Waals surface area contributed by atoms with E-state index in [1.807, 2.05) is 0 Å². The molecule has 0 aliphatic rings. The Bertz CT molecular complexity index is 240. The summed E-state index contributed by atoms with van der Waals surface area (Å²) in [6, 6.07) is 1.72. The fourth-order valence-corrected chi connectivity index (χ4v) is 0.780. The minimum absolute atomic E-state index is 0.380. The number of hydrogen-bond acceptors (Lipinski definition) is 3. The molecule has 0 aliphatic heterocycles. The third-order valence-corrected chi connectivity index (χ3v) is 1.39. The summed E-state index contributed by atoms with van der Waals surface area (Å²) in [6.07, 6.45) is 3.91. The fraction of sp³-hybridized carbons (Fsp3) is 0.375. The molecule has 0 aromatic carbocycles. The van der Waals surface area contributed by atoms with Crippen LogP contribution >= 0.6 is 0 Å². The molecule has 0 aliphatic carbocycles. The summed E-state index contributed by atoms with van der Waals surface area (Å²) < 4.78 is 5.29. The minimum Gasteiger partial charge on any atom is -0.491 e. The van der Waals surface area contributed by atoms with Crippen molar-refractivity contribution in [3.8, 4) is 5.75 Å². The normalized spacial score (nSPS) is 9.75. The molecule has 4 nitrogen and oxygen atoms in total. The predicted octanol–water partition coefficient (Wildman–Crippen LogP) is 0.157. The molecule has 0 fully saturated rings. The SMILES string of the molecule is Nc1cnccc1OCCC[OH2+]. The van der Waals surface area contributed by atoms with Crippen molar-refractivity contribution >= 4 is 5.69 Å². The minimum atomic E-state index is 0.380. The molecule has 4 N–H and O–H groups in total. The number of nitrogens with zero attached hydrogens (tertiary/aromatic N) is 1. The van der Waals surface area contributed by atoms with Gasteiger partial charge in [-0.1, -0.05) is 0 Å². The van der Waals surface area contributed by atoms with E-state index in [1.54, 1.807) is 18.5 Å². The lowest BCUT2D eigenvalue weighted by Gasteiger charge is -2.05. The van der Waals surface area contributed by atoms with E-state index in [2.05, 4.69) is 4.98 Å². The average molecular weight is 169 g/mol. The molecule has 0 saturated carbocycles. The Balaban J connectivity index is 2.46. The number of nitrogens with two attached hydrogens (primary N) is 1. The van der Waals surface area contributed by atoms with Gasteiger partial charge in [-0.15, -0.1) is 0 Å². The van der Waals surface area contributed by atoms with Gasteiger partial charge >= 0.3 is 0 Å². The standard InChI is InChI=1S/C8H12N2O2/c9-7-6-10-3-2-8(7)12-5-1-4-11/h2-3,6,11H,1,4-5,9H2/p+1. The van der Waals surface area contributed by atoms with Gasteiger partial charge in [-0.2, -0.15) is 0 Å². The third-order valence-electron chi connectivity index (χ3n) is 1.39. The van der Waals surface area contributed by atoms with Crippen LogP contribution in [0.5, 0.6) is 5.75 Å². The highest BCUT2D eigenvalue weighted by Crippen LogP contribution is 2.17. The lowest BCUT2D eigenvalue weighted by Crippen LogP contribution is -2.02. The Kier molecular flexibility index (Phi) is 3.35. The first-order chi connectivity index (χ1) is 5.84. The summed E-state index contributed by atoms with van der Waals surface area (Å²) in [5.74, 6) is 0.651. The topological polar surface area (TPSA) is 71.0 Å². The number of nitrogen functional groups attached to an aromatic ring is 1. The summed E-state index contributed by atoms with van der Waals surface area (Å²) in [4.78, 5) is 3.83. The van der Waals surface area contributed by atoms with E-state index in [0.29, 0.717) is 24.7 Å². The Labute approximate surface area is 71.0 Å². The quantitative estimate of drug-likeness (QED) is 0.515. The second-order valence-electron chi connectivity index (χ2n) is 2.37. The number of ether oxygens (including phenoxy) is 1. The van der Waals surface area contributed by atoms with Gasteiger partial charge in [0.1, 0.15) is 12.4 Å². The van der Waals surface area contributed by atoms with Crippen molar-refractivity contribution in [3.63, 3.8) is 0 Å². The molecule has 0 spiro atoms. The number of pyridine rings is 1. The molecule has 1 aromatic rings. The summed E-state index contributed by atoms with van der Waals surface area (Å²) in [6.45, 7) is 0.919. The van der Waals surface area contributed by atoms with E-state index in [-0.39, 0.29) is 0 Å². The summed E-state index contributed by atoms with van der Waals surface area (Å²) >= 11 is 0. The first kappa shape index (κ1) is 8.80. The molecule has 0 saturated heterocycles. The van der Waals surface area contributed by atoms with E-state index in [9.17, 15) is 0 Å². The largest absolute Gasteiger partial charge is 0.491 e. The van der Waals surface area contributed by atoms with Gasteiger partial charge in [0.15, 0.2) is 0 Å². The van der Waals surface area contributed by atoms with Crippen LogP contribution in [0.25, 0.3) is 0 Å². The maximum absolute atomic E-state index is 6.90. The van der Waals surface area contributed by atoms with Crippen LogP contribution in [0.3, 0.4) is 0 Å². The molecule has 0 atom stereocenters. The van der Waals surface area contributed by atoms with Crippen molar-refractivity contribution in [1.82, 2.24) is 4.98 Å². The Morgan fingerprint density at radius 1 is 1.58 bits per heavy atom. The smallest absolute Gasteiger partial charge is 0.146 e. The second-order valence-corrected chi connectivity index (χ2v) is 2.37. The van der Waals surface area contributed by atoms with E-state index in [1.165, 1.54) is 0 Å². The van der Waals surface area contributed by atoms with Gasteiger partial charge in [-0.05, 0) is 0 Å². The van der Waals surface area contributed by atoms with Crippen molar-refractivity contribution < 1.29 is 9.84 Å². The predicted molar refractivity (Wildman–Crippen MR) is 47.2 cm³/mol. The fourth-order valence-electron chi connectivity index (χ4n) is 0.780. The summed E-state index contributed by atoms with van der Waals surface area (Å²) in [5.41, 5.74) is 6.11. The zero-order chi connectivity index (χ0) is 8.81. The van der Waals surface area contributed by atoms with Crippen LogP contribution in [-0.4, -0.2) is 23.3 Å². The number of aromatic nitrogens is 1. The van der Waals surface area contributed by atoms with Crippen LogP contribution in [0.1, 0.15) is 6.42 Å². The van der Waals surface area contributed by atoms with Gasteiger partial charge in [0.2, 0.25) is 0 Å². The molecule has 1 rings (SSSR count). The highest BCUT2D eigenvalue weighted by Gasteiger charge is 1.97. The molecule has 1 heterocycles. The molecule has 0 unspecified atom stereocenters. The van der Waals surface area contributed by atoms with Gasteiger partial charge < -0.3 is 15.6 Å². The van der Waals surface area contributed by atoms with Crippen LogP contribution in [0.4, 0.5) is 5.69 Å². The monoisotopic (exact) mass is 169 g/mol. The van der Waals surface area contributed by atoms with Crippen LogP contribution in [0.2, 0.25) is 0 Å². The molecule has 66 valence electrons. The molecular formula is C8H13N2O2+. The molecule has 12 heavy (non-hydrogen) atoms. The Morgan fingerprint density at radius 3 is 3.08 bits per heavy atom. The van der Waals surface area contributed by atoms with Crippen LogP contribution in [-0.2, 0) is 0 Å². The Morgan fingerprint density at radius 2 is 2.42 bits per heavy atom. The van der Waals surface area contributed by atoms with Crippen LogP contribution in [0.15, 0.2) is 18.5 Å². The first-order valence-electron chi connectivity index (χ1n) is 3.81. The van der Waals surface area contributed by atoms with Crippen molar-refractivity contribution in [3.05, 3.63) is 18.5 Å². The van der Waals surface area contributed by atoms with Crippen molar-refractivity contribution in [2.45, 2.75) is 6.42 Å². The van der Waals surface area contributed by atoms with Crippen LogP contribution < -0.4 is 10.5 Å². The van der Waals surface area contributed by atoms with Gasteiger partial charge in [0, 0.05) is 12.3 Å². The lowest BCUT2D eigenvalue weighted by atomic mass is 10.4. The van der Waals surface area contributed by atoms with Gasteiger partial charge in [-0.25, -0.2) is 0 Å². The van der Waals surface area contributed by atoms with Crippen molar-refractivity contribution in [2.24, 2.45) is 0 Å². The van der Waals surface area contributed by atoms with E-state index in [0.717, 1.165) is 6.42 Å². The maximum Gasteiger partial charge on any atom is 0.146 e. The molecule has 0 amide bonds. The zero-order valence-electron chi connectivity index (χ0n) is 6.79. The molecular weight excluding hydrogens is 156 g/mol. The highest BCUT2D eigenvalue weighted by molar-refractivity contribution is 5.49. The number of anilines is 1. The summed E-state index contributed by atoms with van der Waals surface area (Å²) in [5, 5.41) is 6.90. The lowest BCUT2D eigenvalue weighted by molar-refractivity contribution is 0.234. The molecule has 0 radical (unpaired) electrons. The maximum atomic E-state index is 6.90. The molecule has 0 bridgehead atoms. The number of hydrogen-bond donors (Lipinski definition) is 1. The average Bonchev–Trinajstić information content (AvgIpc) is 2.09. The Hall–Kier alpha value is -1.29. The number of rotatable bonds is 4. The second kappa shape index (κ2) is 4.56. The van der Waals surface area contributed by atoms with Gasteiger partial charge in [0.25, 0.3) is 0 Å². The summed E-state index contributed by atoms with van der Waals surface area (Å²) in [7, 11) is 0. The van der Waals surface area contributed by atoms with Gasteiger partial charge in [0.05, 0.1) is 24.9 Å². The van der Waals surface area contributed by atoms with Crippen molar-refractivity contribution in [2.75, 3.05) is 18.9 Å². The molecule has 1 aromatic heterocycles. The zero-order valence-corrected chi connectivity index (χ0v) is 6.79. The highest BCUT2D eigenvalue weighted by atomic mass is 16.5. The third kappa shape index (κ3) is 2.39. The molecule has 4 heteroatoms.